The van der Waals surface area contributed by atoms with E-state index in [-0.39, 0.29) is 30.1 Å². The Kier molecular flexibility index (Phi) is 10.0. The Morgan fingerprint density at radius 1 is 1.09 bits per heavy atom. The molecule has 2 aromatic carbocycles. The van der Waals surface area contributed by atoms with Crippen molar-refractivity contribution in [3.8, 4) is 0 Å². The summed E-state index contributed by atoms with van der Waals surface area (Å²) in [4.78, 5) is 48.8. The lowest BCUT2D eigenvalue weighted by Crippen LogP contribution is -2.56. The van der Waals surface area contributed by atoms with Gasteiger partial charge in [-0.15, -0.1) is 0 Å². The van der Waals surface area contributed by atoms with Crippen molar-refractivity contribution in [1.29, 1.82) is 0 Å². The number of carboxylic acid groups (broad SMARTS) is 1. The van der Waals surface area contributed by atoms with Crippen molar-refractivity contribution in [2.75, 3.05) is 18.9 Å². The highest BCUT2D eigenvalue weighted by atomic mass is 16.3. The summed E-state index contributed by atoms with van der Waals surface area (Å²) in [6.45, 7) is 5.79. The average molecular weight is 471 g/mol. The van der Waals surface area contributed by atoms with E-state index in [2.05, 4.69) is 16.0 Å². The number of likely N-dealkylation sites (N-methyl/N-ethyl adjacent to an activating group) is 1. The van der Waals surface area contributed by atoms with Crippen molar-refractivity contribution in [2.24, 2.45) is 5.92 Å². The monoisotopic (exact) mass is 470 g/mol. The second-order valence-corrected chi connectivity index (χ2v) is 8.55. The van der Waals surface area contributed by atoms with Crippen LogP contribution in [0.4, 0.5) is 5.69 Å². The van der Waals surface area contributed by atoms with Gasteiger partial charge in [0, 0.05) is 17.6 Å². The number of nitrogens with zero attached hydrogens (tertiary/aromatic N) is 1. The van der Waals surface area contributed by atoms with Gasteiger partial charge >= 0.3 is 0 Å². The van der Waals surface area contributed by atoms with Crippen LogP contribution < -0.4 is 16.0 Å². The van der Waals surface area contributed by atoms with Gasteiger partial charge in [0.1, 0.15) is 12.1 Å². The van der Waals surface area contributed by atoms with Crippen molar-refractivity contribution in [2.45, 2.75) is 51.7 Å². The molecule has 4 N–H and O–H groups in total. The molecule has 9 nitrogen and oxygen atoms in total. The summed E-state index contributed by atoms with van der Waals surface area (Å²) in [5, 5.41) is 17.6. The van der Waals surface area contributed by atoms with Crippen molar-refractivity contribution >= 4 is 40.7 Å². The molecule has 0 aliphatic carbocycles. The molecule has 3 amide bonds. The molecule has 0 spiro atoms. The highest BCUT2D eigenvalue weighted by Gasteiger charge is 2.39. The van der Waals surface area contributed by atoms with Gasteiger partial charge in [-0.2, -0.15) is 0 Å². The van der Waals surface area contributed by atoms with Crippen LogP contribution in [0.2, 0.25) is 0 Å². The molecule has 34 heavy (non-hydrogen) atoms. The first-order valence-corrected chi connectivity index (χ1v) is 11.4. The zero-order valence-electron chi connectivity index (χ0n) is 20.1. The van der Waals surface area contributed by atoms with Crippen LogP contribution in [0.3, 0.4) is 0 Å². The van der Waals surface area contributed by atoms with Crippen molar-refractivity contribution < 1.29 is 24.3 Å². The molecular formula is C25H34N4O5. The Bertz CT molecular complexity index is 1000. The van der Waals surface area contributed by atoms with Crippen LogP contribution >= 0.6 is 0 Å². The topological polar surface area (TPSA) is 128 Å². The third kappa shape index (κ3) is 6.54. The first-order chi connectivity index (χ1) is 16.2. The van der Waals surface area contributed by atoms with Crippen LogP contribution in [0.15, 0.2) is 42.5 Å². The minimum Gasteiger partial charge on any atom is -0.483 e. The second kappa shape index (κ2) is 12.7. The maximum Gasteiger partial charge on any atom is 0.290 e. The number of hydrogen-bond donors (Lipinski definition) is 4. The van der Waals surface area contributed by atoms with Gasteiger partial charge in [-0.3, -0.25) is 19.2 Å². The second-order valence-electron chi connectivity index (χ2n) is 8.55. The quantitative estimate of drug-likeness (QED) is 0.460. The Hall–Kier alpha value is -3.46. The van der Waals surface area contributed by atoms with Gasteiger partial charge < -0.3 is 26.0 Å². The molecule has 1 aliphatic heterocycles. The van der Waals surface area contributed by atoms with E-state index in [9.17, 15) is 14.4 Å². The van der Waals surface area contributed by atoms with Gasteiger partial charge in [0.05, 0.1) is 6.04 Å². The van der Waals surface area contributed by atoms with Crippen molar-refractivity contribution in [1.82, 2.24) is 15.5 Å². The number of amides is 3. The number of hydrogen-bond acceptors (Lipinski definition) is 5. The van der Waals surface area contributed by atoms with E-state index in [4.69, 9.17) is 9.90 Å². The number of likely N-dealkylation sites (tertiary alicyclic amines) is 1. The molecular weight excluding hydrogens is 436 g/mol. The predicted molar refractivity (Wildman–Crippen MR) is 131 cm³/mol. The van der Waals surface area contributed by atoms with E-state index in [1.807, 2.05) is 56.3 Å². The maximum atomic E-state index is 13.3. The molecule has 0 bridgehead atoms. The SMILES string of the molecule is CN[C@@H](C)C(=O)N[C@H](C(=O)N1CCC[C@H]1C(=O)Nc1cccc2ccccc12)C(C)C.O=CO. The Balaban J connectivity index is 0.00000129. The summed E-state index contributed by atoms with van der Waals surface area (Å²) in [6, 6.07) is 12.0. The van der Waals surface area contributed by atoms with E-state index < -0.39 is 18.1 Å². The minimum atomic E-state index is -0.672. The van der Waals surface area contributed by atoms with Crippen molar-refractivity contribution in [3.05, 3.63) is 42.5 Å². The number of nitrogens with one attached hydrogen (secondary N) is 3. The fourth-order valence-corrected chi connectivity index (χ4v) is 3.96. The zero-order chi connectivity index (χ0) is 25.3. The number of rotatable bonds is 7. The lowest BCUT2D eigenvalue weighted by atomic mass is 10.0. The zero-order valence-corrected chi connectivity index (χ0v) is 20.1. The summed E-state index contributed by atoms with van der Waals surface area (Å²) in [6.07, 6.45) is 1.36. The number of benzene rings is 2. The molecule has 0 radical (unpaired) electrons. The fraction of sp³-hybridized carbons (Fsp3) is 0.440. The Labute approximate surface area is 199 Å². The van der Waals surface area contributed by atoms with Crippen molar-refractivity contribution in [3.63, 3.8) is 0 Å². The molecule has 1 saturated heterocycles. The normalized spacial score (nSPS) is 16.9. The van der Waals surface area contributed by atoms with Crippen LogP contribution in [0.5, 0.6) is 0 Å². The highest BCUT2D eigenvalue weighted by molar-refractivity contribution is 6.05. The van der Waals surface area contributed by atoms with Gasteiger partial charge in [-0.25, -0.2) is 0 Å². The van der Waals surface area contributed by atoms with Gasteiger partial charge in [0.15, 0.2) is 0 Å². The van der Waals surface area contributed by atoms with E-state index in [1.165, 1.54) is 0 Å². The van der Waals surface area contributed by atoms with Crippen LogP contribution in [-0.2, 0) is 19.2 Å². The predicted octanol–water partition coefficient (Wildman–Crippen LogP) is 2.22. The first-order valence-electron chi connectivity index (χ1n) is 11.4. The minimum absolute atomic E-state index is 0.0946. The Morgan fingerprint density at radius 2 is 1.74 bits per heavy atom. The smallest absolute Gasteiger partial charge is 0.290 e. The molecule has 0 saturated carbocycles. The third-order valence-corrected chi connectivity index (χ3v) is 5.94. The molecule has 0 aromatic heterocycles. The number of carbonyl (C=O) groups is 4. The van der Waals surface area contributed by atoms with E-state index in [0.29, 0.717) is 13.0 Å². The van der Waals surface area contributed by atoms with Gasteiger partial charge in [0.25, 0.3) is 6.47 Å². The molecule has 3 rings (SSSR count). The summed E-state index contributed by atoms with van der Waals surface area (Å²) in [5.41, 5.74) is 0.735. The van der Waals surface area contributed by atoms with Gasteiger partial charge in [-0.1, -0.05) is 50.2 Å². The molecule has 1 aliphatic rings. The lowest BCUT2D eigenvalue weighted by molar-refractivity contribution is -0.141. The Morgan fingerprint density at radius 3 is 2.38 bits per heavy atom. The van der Waals surface area contributed by atoms with Crippen LogP contribution in [0.1, 0.15) is 33.6 Å². The molecule has 184 valence electrons. The molecule has 3 atom stereocenters. The standard InChI is InChI=1S/C24H32N4O3.CH2O2/c1-15(2)21(27-22(29)16(3)25-4)24(31)28-14-8-13-20(28)23(30)26-19-12-7-10-17-9-5-6-11-18(17)19;2-1-3/h5-7,9-12,15-16,20-21,25H,8,13-14H2,1-4H3,(H,26,30)(H,27,29);1H,(H,2,3)/t16-,20-,21-;/m0./s1. The molecule has 1 heterocycles. The number of carbonyl (C=O) groups excluding carboxylic acids is 3. The summed E-state index contributed by atoms with van der Waals surface area (Å²) in [7, 11) is 1.70. The van der Waals surface area contributed by atoms with Crippen LogP contribution in [-0.4, -0.2) is 65.9 Å². The molecule has 1 fully saturated rings. The first kappa shape index (κ1) is 26.8. The largest absolute Gasteiger partial charge is 0.483 e. The van der Waals surface area contributed by atoms with Gasteiger partial charge in [-0.05, 0) is 44.2 Å². The molecule has 0 unspecified atom stereocenters. The van der Waals surface area contributed by atoms with Crippen LogP contribution in [0, 0.1) is 5.92 Å². The average Bonchev–Trinajstić information content (AvgIpc) is 3.32. The van der Waals surface area contributed by atoms with E-state index >= 15 is 0 Å². The summed E-state index contributed by atoms with van der Waals surface area (Å²) < 4.78 is 0. The molecule has 9 heteroatoms. The number of anilines is 1. The summed E-state index contributed by atoms with van der Waals surface area (Å²) >= 11 is 0. The van der Waals surface area contributed by atoms with E-state index in [0.717, 1.165) is 22.9 Å². The van der Waals surface area contributed by atoms with Gasteiger partial charge in [0.2, 0.25) is 17.7 Å². The molecule has 2 aromatic rings. The number of fused-ring (bicyclic) bond motifs is 1. The fourth-order valence-electron chi connectivity index (χ4n) is 3.96. The van der Waals surface area contributed by atoms with E-state index in [1.54, 1.807) is 18.9 Å². The maximum absolute atomic E-state index is 13.3. The summed E-state index contributed by atoms with van der Waals surface area (Å²) in [5.74, 6) is -0.727. The van der Waals surface area contributed by atoms with Crippen LogP contribution in [0.25, 0.3) is 10.8 Å². The highest BCUT2D eigenvalue weighted by Crippen LogP contribution is 2.26. The lowest BCUT2D eigenvalue weighted by Gasteiger charge is -2.31. The third-order valence-electron chi connectivity index (χ3n) is 5.94.